The number of aryl methyl sites for hydroxylation is 2. The number of fused-ring (bicyclic) bond motifs is 1. The van der Waals surface area contributed by atoms with Crippen molar-refractivity contribution in [1.29, 1.82) is 0 Å². The largest absolute Gasteiger partial charge is 0.489 e. The second-order valence-corrected chi connectivity index (χ2v) is 7.83. The highest BCUT2D eigenvalue weighted by Gasteiger charge is 2.25. The molecule has 0 unspecified atom stereocenters. The van der Waals surface area contributed by atoms with Crippen molar-refractivity contribution in [2.75, 3.05) is 32.2 Å². The van der Waals surface area contributed by atoms with E-state index < -0.39 is 0 Å². The molecule has 2 N–H and O–H groups in total. The molecule has 8 nitrogen and oxygen atoms in total. The molecule has 3 heterocycles. The molecule has 0 radical (unpaired) electrons. The van der Waals surface area contributed by atoms with Crippen LogP contribution in [0, 0.1) is 13.8 Å². The van der Waals surface area contributed by atoms with Gasteiger partial charge in [-0.3, -0.25) is 9.59 Å². The number of nitrogens with one attached hydrogen (secondary N) is 2. The fourth-order valence-corrected chi connectivity index (χ4v) is 3.92. The van der Waals surface area contributed by atoms with Crippen LogP contribution in [0.4, 0.5) is 5.69 Å². The number of amides is 1. The van der Waals surface area contributed by atoms with Crippen molar-refractivity contribution in [3.8, 4) is 22.8 Å². The minimum Gasteiger partial charge on any atom is -0.489 e. The molecule has 0 saturated heterocycles. The topological polar surface area (TPSA) is 96.5 Å². The monoisotopic (exact) mass is 434 g/mol. The quantitative estimate of drug-likeness (QED) is 0.641. The van der Waals surface area contributed by atoms with Crippen LogP contribution in [0.15, 0.2) is 41.3 Å². The molecule has 0 spiro atoms. The fraction of sp³-hybridized carbons (Fsp3) is 0.292. The highest BCUT2D eigenvalue weighted by atomic mass is 16.5. The van der Waals surface area contributed by atoms with Gasteiger partial charge < -0.3 is 24.7 Å². The van der Waals surface area contributed by atoms with Crippen LogP contribution < -0.4 is 25.2 Å². The average Bonchev–Trinajstić information content (AvgIpc) is 2.78. The second kappa shape index (κ2) is 8.74. The van der Waals surface area contributed by atoms with Crippen molar-refractivity contribution >= 4 is 11.6 Å². The lowest BCUT2D eigenvalue weighted by Crippen LogP contribution is -2.32. The number of nitrogens with zero attached hydrogens (tertiary/aromatic N) is 2. The Morgan fingerprint density at radius 2 is 2.12 bits per heavy atom. The minimum absolute atomic E-state index is 0.116. The van der Waals surface area contributed by atoms with Crippen LogP contribution >= 0.6 is 0 Å². The zero-order valence-corrected chi connectivity index (χ0v) is 18.6. The summed E-state index contributed by atoms with van der Waals surface area (Å²) in [6.45, 7) is 5.00. The highest BCUT2D eigenvalue weighted by molar-refractivity contribution is 6.01. The molecule has 0 saturated carbocycles. The SMILES string of the molecule is COc1ncccc1-c1cc(C(=O)NCc2c(C)cc(C)[nH]c2=O)c2c(c1)N(C)CCO2. The van der Waals surface area contributed by atoms with E-state index in [4.69, 9.17) is 9.47 Å². The van der Waals surface area contributed by atoms with E-state index in [1.54, 1.807) is 19.4 Å². The summed E-state index contributed by atoms with van der Waals surface area (Å²) in [7, 11) is 3.52. The van der Waals surface area contributed by atoms with Gasteiger partial charge in [-0.25, -0.2) is 4.98 Å². The third kappa shape index (κ3) is 4.03. The van der Waals surface area contributed by atoms with Crippen molar-refractivity contribution in [1.82, 2.24) is 15.3 Å². The molecular formula is C24H26N4O4. The van der Waals surface area contributed by atoms with E-state index in [2.05, 4.69) is 20.2 Å². The van der Waals surface area contributed by atoms with Crippen LogP contribution in [0.2, 0.25) is 0 Å². The average molecular weight is 434 g/mol. The third-order valence-corrected chi connectivity index (χ3v) is 5.59. The molecule has 1 aromatic carbocycles. The molecule has 1 aliphatic rings. The van der Waals surface area contributed by atoms with Gasteiger partial charge in [0.1, 0.15) is 6.61 Å². The van der Waals surface area contributed by atoms with Crippen LogP contribution in [0.25, 0.3) is 11.1 Å². The Bertz CT molecular complexity index is 1240. The Morgan fingerprint density at radius 1 is 1.31 bits per heavy atom. The number of hydrogen-bond donors (Lipinski definition) is 2. The molecule has 0 fully saturated rings. The van der Waals surface area contributed by atoms with Crippen LogP contribution in [0.5, 0.6) is 11.6 Å². The summed E-state index contributed by atoms with van der Waals surface area (Å²) in [5.74, 6) is 0.679. The van der Waals surface area contributed by atoms with Gasteiger partial charge in [-0.1, -0.05) is 0 Å². The lowest BCUT2D eigenvalue weighted by atomic mass is 10.00. The molecule has 32 heavy (non-hydrogen) atoms. The van der Waals surface area contributed by atoms with Crippen molar-refractivity contribution in [3.63, 3.8) is 0 Å². The van der Waals surface area contributed by atoms with Gasteiger partial charge in [-0.2, -0.15) is 0 Å². The molecule has 0 aliphatic carbocycles. The summed E-state index contributed by atoms with van der Waals surface area (Å²) in [5, 5.41) is 2.88. The van der Waals surface area contributed by atoms with Crippen molar-refractivity contribution in [2.24, 2.45) is 0 Å². The number of H-pyrrole nitrogens is 1. The van der Waals surface area contributed by atoms with Gasteiger partial charge in [0, 0.05) is 36.6 Å². The maximum atomic E-state index is 13.3. The van der Waals surface area contributed by atoms with Crippen molar-refractivity contribution in [2.45, 2.75) is 20.4 Å². The van der Waals surface area contributed by atoms with E-state index >= 15 is 0 Å². The lowest BCUT2D eigenvalue weighted by Gasteiger charge is -2.30. The molecule has 4 rings (SSSR count). The molecule has 1 amide bonds. The predicted molar refractivity (Wildman–Crippen MR) is 123 cm³/mol. The molecule has 3 aromatic rings. The normalized spacial score (nSPS) is 12.7. The van der Waals surface area contributed by atoms with E-state index in [9.17, 15) is 9.59 Å². The summed E-state index contributed by atoms with van der Waals surface area (Å²) in [6.07, 6.45) is 1.66. The van der Waals surface area contributed by atoms with Gasteiger partial charge >= 0.3 is 0 Å². The first kappa shape index (κ1) is 21.4. The maximum Gasteiger partial charge on any atom is 0.255 e. The van der Waals surface area contributed by atoms with Crippen LogP contribution in [-0.4, -0.2) is 43.2 Å². The Hall–Kier alpha value is -3.81. The number of ether oxygens (including phenoxy) is 2. The van der Waals surface area contributed by atoms with Crippen LogP contribution in [0.3, 0.4) is 0 Å². The Labute approximate surface area is 186 Å². The molecule has 0 bridgehead atoms. The van der Waals surface area contributed by atoms with Crippen molar-refractivity contribution in [3.05, 3.63) is 69.3 Å². The Balaban J connectivity index is 1.73. The maximum absolute atomic E-state index is 13.3. The second-order valence-electron chi connectivity index (χ2n) is 7.83. The molecule has 8 heteroatoms. The fourth-order valence-electron chi connectivity index (χ4n) is 3.92. The zero-order valence-electron chi connectivity index (χ0n) is 18.6. The van der Waals surface area contributed by atoms with Gasteiger partial charge in [-0.05, 0) is 55.3 Å². The summed E-state index contributed by atoms with van der Waals surface area (Å²) in [5.41, 5.74) is 4.72. The number of likely N-dealkylation sites (N-methyl/N-ethyl adjacent to an activating group) is 1. The molecule has 166 valence electrons. The van der Waals surface area contributed by atoms with Gasteiger partial charge in [0.15, 0.2) is 5.75 Å². The number of benzene rings is 1. The summed E-state index contributed by atoms with van der Waals surface area (Å²) < 4.78 is 11.3. The first-order valence-corrected chi connectivity index (χ1v) is 10.4. The minimum atomic E-state index is -0.319. The number of anilines is 1. The number of methoxy groups -OCH3 is 1. The van der Waals surface area contributed by atoms with Crippen LogP contribution in [-0.2, 0) is 6.54 Å². The smallest absolute Gasteiger partial charge is 0.255 e. The number of carbonyl (C=O) groups excluding carboxylic acids is 1. The van der Waals surface area contributed by atoms with E-state index in [1.165, 1.54) is 0 Å². The number of hydrogen-bond acceptors (Lipinski definition) is 6. The number of carbonyl (C=O) groups is 1. The third-order valence-electron chi connectivity index (χ3n) is 5.59. The van der Waals surface area contributed by atoms with Gasteiger partial charge in [0.05, 0.1) is 24.9 Å². The summed E-state index contributed by atoms with van der Waals surface area (Å²) >= 11 is 0. The summed E-state index contributed by atoms with van der Waals surface area (Å²) in [4.78, 5) is 34.7. The van der Waals surface area contributed by atoms with E-state index in [0.717, 1.165) is 28.1 Å². The van der Waals surface area contributed by atoms with E-state index in [-0.39, 0.29) is 18.0 Å². The molecule has 0 atom stereocenters. The molecule has 2 aromatic heterocycles. The standard InChI is InChI=1S/C24H26N4O4/c1-14-10-15(2)27-23(30)19(14)13-26-22(29)18-11-16(17-6-5-7-25-24(17)31-4)12-20-21(18)32-9-8-28(20)3/h5-7,10-12H,8-9,13H2,1-4H3,(H,26,29)(H,27,30). The lowest BCUT2D eigenvalue weighted by molar-refractivity contribution is 0.0946. The van der Waals surface area contributed by atoms with Crippen LogP contribution in [0.1, 0.15) is 27.2 Å². The number of pyridine rings is 2. The first-order valence-electron chi connectivity index (χ1n) is 10.4. The van der Waals surface area contributed by atoms with Gasteiger partial charge in [0.25, 0.3) is 11.5 Å². The van der Waals surface area contributed by atoms with Gasteiger partial charge in [-0.15, -0.1) is 0 Å². The molecular weight excluding hydrogens is 408 g/mol. The Morgan fingerprint density at radius 3 is 2.88 bits per heavy atom. The zero-order chi connectivity index (χ0) is 22.8. The van der Waals surface area contributed by atoms with Crippen molar-refractivity contribution < 1.29 is 14.3 Å². The number of aromatic amines is 1. The summed E-state index contributed by atoms with van der Waals surface area (Å²) in [6, 6.07) is 9.36. The Kier molecular flexibility index (Phi) is 5.85. The molecule has 1 aliphatic heterocycles. The van der Waals surface area contributed by atoms with Gasteiger partial charge in [0.2, 0.25) is 5.88 Å². The predicted octanol–water partition coefficient (Wildman–Crippen LogP) is 2.82. The van der Waals surface area contributed by atoms with E-state index in [1.807, 2.05) is 45.2 Å². The van der Waals surface area contributed by atoms with E-state index in [0.29, 0.717) is 35.9 Å². The highest BCUT2D eigenvalue weighted by Crippen LogP contribution is 2.40. The first-order chi connectivity index (χ1) is 15.4. The number of rotatable bonds is 5. The number of aromatic nitrogens is 2.